The number of halogens is 2. The molecular formula is C15H21ClFN3O2. The molecule has 1 fully saturated rings. The normalized spacial score (nSPS) is 15.8. The third-order valence-electron chi connectivity index (χ3n) is 3.86. The second-order valence-electron chi connectivity index (χ2n) is 5.52. The minimum atomic E-state index is -0.619. The van der Waals surface area contributed by atoms with Crippen LogP contribution in [0.3, 0.4) is 0 Å². The molecule has 1 aromatic carbocycles. The van der Waals surface area contributed by atoms with Crippen molar-refractivity contribution in [2.75, 3.05) is 11.9 Å². The van der Waals surface area contributed by atoms with Gasteiger partial charge in [0.25, 0.3) is 5.91 Å². The van der Waals surface area contributed by atoms with E-state index in [1.807, 2.05) is 0 Å². The van der Waals surface area contributed by atoms with Gasteiger partial charge >= 0.3 is 0 Å². The van der Waals surface area contributed by atoms with Gasteiger partial charge in [-0.2, -0.15) is 0 Å². The topological polar surface area (TPSA) is 84.2 Å². The van der Waals surface area contributed by atoms with Crippen LogP contribution in [0.25, 0.3) is 0 Å². The number of rotatable bonds is 4. The van der Waals surface area contributed by atoms with Crippen molar-refractivity contribution >= 4 is 29.9 Å². The Bertz CT molecular complexity index is 560. The second-order valence-corrected chi connectivity index (χ2v) is 5.52. The summed E-state index contributed by atoms with van der Waals surface area (Å²) in [6.45, 7) is 1.69. The van der Waals surface area contributed by atoms with Gasteiger partial charge in [-0.15, -0.1) is 12.4 Å². The fourth-order valence-electron chi connectivity index (χ4n) is 2.72. The molecule has 2 rings (SSSR count). The van der Waals surface area contributed by atoms with Gasteiger partial charge in [-0.1, -0.05) is 12.8 Å². The fraction of sp³-hybridized carbons (Fsp3) is 0.467. The molecule has 0 unspecified atom stereocenters. The maximum atomic E-state index is 13.9. The predicted octanol–water partition coefficient (Wildman–Crippen LogP) is 2.21. The molecule has 2 amide bonds. The Morgan fingerprint density at radius 1 is 1.32 bits per heavy atom. The molecular weight excluding hydrogens is 309 g/mol. The summed E-state index contributed by atoms with van der Waals surface area (Å²) in [5, 5.41) is 5.40. The van der Waals surface area contributed by atoms with Crippen LogP contribution in [-0.2, 0) is 4.79 Å². The van der Waals surface area contributed by atoms with E-state index < -0.39 is 17.3 Å². The first-order valence-electron chi connectivity index (χ1n) is 7.05. The number of hydrogen-bond acceptors (Lipinski definition) is 3. The molecule has 0 saturated heterocycles. The fourth-order valence-corrected chi connectivity index (χ4v) is 2.72. The zero-order chi connectivity index (χ0) is 15.5. The Hall–Kier alpha value is -1.66. The molecule has 1 aliphatic rings. The van der Waals surface area contributed by atoms with Crippen molar-refractivity contribution < 1.29 is 14.0 Å². The average molecular weight is 330 g/mol. The summed E-state index contributed by atoms with van der Waals surface area (Å²) in [5.41, 5.74) is 5.64. The van der Waals surface area contributed by atoms with Crippen LogP contribution in [0.5, 0.6) is 0 Å². The largest absolute Gasteiger partial charge is 0.345 e. The minimum absolute atomic E-state index is 0. The molecule has 5 nitrogen and oxygen atoms in total. The number of carbonyl (C=O) groups excluding carboxylic acids is 2. The maximum absolute atomic E-state index is 13.9. The molecule has 0 atom stereocenters. The van der Waals surface area contributed by atoms with Crippen LogP contribution >= 0.6 is 12.4 Å². The van der Waals surface area contributed by atoms with Crippen LogP contribution < -0.4 is 16.4 Å². The smallest absolute Gasteiger partial charge is 0.254 e. The molecule has 1 aliphatic carbocycles. The van der Waals surface area contributed by atoms with E-state index in [0.29, 0.717) is 12.2 Å². The molecule has 0 aliphatic heterocycles. The van der Waals surface area contributed by atoms with Gasteiger partial charge in [-0.05, 0) is 31.0 Å². The summed E-state index contributed by atoms with van der Waals surface area (Å²) in [6, 6.07) is 3.93. The molecule has 1 saturated carbocycles. The lowest BCUT2D eigenvalue weighted by Crippen LogP contribution is -2.51. The first kappa shape index (κ1) is 18.4. The quantitative estimate of drug-likeness (QED) is 0.791. The molecule has 22 heavy (non-hydrogen) atoms. The van der Waals surface area contributed by atoms with E-state index in [-0.39, 0.29) is 23.9 Å². The number of amides is 2. The lowest BCUT2D eigenvalue weighted by atomic mass is 9.97. The Morgan fingerprint density at radius 3 is 2.50 bits per heavy atom. The van der Waals surface area contributed by atoms with Gasteiger partial charge < -0.3 is 16.4 Å². The van der Waals surface area contributed by atoms with Gasteiger partial charge in [0.05, 0.1) is 11.1 Å². The predicted molar refractivity (Wildman–Crippen MR) is 85.7 cm³/mol. The van der Waals surface area contributed by atoms with Gasteiger partial charge in [0.2, 0.25) is 5.91 Å². The van der Waals surface area contributed by atoms with E-state index in [4.69, 9.17) is 5.73 Å². The summed E-state index contributed by atoms with van der Waals surface area (Å²) in [4.78, 5) is 23.3. The number of carbonyl (C=O) groups is 2. The van der Waals surface area contributed by atoms with Crippen molar-refractivity contribution in [2.24, 2.45) is 5.73 Å². The van der Waals surface area contributed by atoms with Crippen molar-refractivity contribution in [3.05, 3.63) is 29.6 Å². The summed E-state index contributed by atoms with van der Waals surface area (Å²) in [6.07, 6.45) is 3.63. The summed E-state index contributed by atoms with van der Waals surface area (Å²) in [7, 11) is 0. The Morgan fingerprint density at radius 2 is 1.95 bits per heavy atom. The minimum Gasteiger partial charge on any atom is -0.345 e. The van der Waals surface area contributed by atoms with E-state index in [2.05, 4.69) is 10.6 Å². The average Bonchev–Trinajstić information content (AvgIpc) is 2.89. The number of nitrogens with two attached hydrogens (primary N) is 1. The lowest BCUT2D eigenvalue weighted by molar-refractivity contribution is -0.114. The van der Waals surface area contributed by atoms with Gasteiger partial charge in [0.15, 0.2) is 0 Å². The van der Waals surface area contributed by atoms with Crippen LogP contribution in [0.4, 0.5) is 10.1 Å². The van der Waals surface area contributed by atoms with Crippen LogP contribution in [0.15, 0.2) is 18.2 Å². The number of anilines is 1. The van der Waals surface area contributed by atoms with Gasteiger partial charge in [0.1, 0.15) is 5.82 Å². The van der Waals surface area contributed by atoms with Gasteiger partial charge in [-0.3, -0.25) is 9.59 Å². The molecule has 122 valence electrons. The third kappa shape index (κ3) is 4.18. The number of benzene rings is 1. The molecule has 0 heterocycles. The van der Waals surface area contributed by atoms with E-state index in [1.54, 1.807) is 0 Å². The highest BCUT2D eigenvalue weighted by molar-refractivity contribution is 5.97. The zero-order valence-electron chi connectivity index (χ0n) is 12.4. The standard InChI is InChI=1S/C15H20FN3O2.ClH/c1-10(20)18-11-4-5-13(16)12(8-11)14(21)19-15(9-17)6-2-3-7-15;/h4-5,8H,2-3,6-7,9,17H2,1H3,(H,18,20)(H,19,21);1H. The van der Waals surface area contributed by atoms with Crippen LogP contribution in [-0.4, -0.2) is 23.9 Å². The van der Waals surface area contributed by atoms with Crippen molar-refractivity contribution in [2.45, 2.75) is 38.1 Å². The second kappa shape index (κ2) is 7.56. The SMILES string of the molecule is CC(=O)Nc1ccc(F)c(C(=O)NC2(CN)CCCC2)c1.Cl. The van der Waals surface area contributed by atoms with Crippen molar-refractivity contribution in [1.82, 2.24) is 5.32 Å². The van der Waals surface area contributed by atoms with E-state index >= 15 is 0 Å². The van der Waals surface area contributed by atoms with Crippen LogP contribution in [0.1, 0.15) is 43.0 Å². The molecule has 0 spiro atoms. The molecule has 7 heteroatoms. The summed E-state index contributed by atoms with van der Waals surface area (Å²) >= 11 is 0. The number of nitrogens with one attached hydrogen (secondary N) is 2. The molecule has 0 aromatic heterocycles. The lowest BCUT2D eigenvalue weighted by Gasteiger charge is -2.28. The van der Waals surface area contributed by atoms with Gasteiger partial charge in [0, 0.05) is 19.2 Å². The third-order valence-corrected chi connectivity index (χ3v) is 3.86. The van der Waals surface area contributed by atoms with Crippen molar-refractivity contribution in [3.8, 4) is 0 Å². The Labute approximate surface area is 135 Å². The first-order chi connectivity index (χ1) is 9.96. The number of hydrogen-bond donors (Lipinski definition) is 3. The monoisotopic (exact) mass is 329 g/mol. The summed E-state index contributed by atoms with van der Waals surface area (Å²) < 4.78 is 13.9. The maximum Gasteiger partial charge on any atom is 0.254 e. The van der Waals surface area contributed by atoms with Gasteiger partial charge in [-0.25, -0.2) is 4.39 Å². The molecule has 1 aromatic rings. The zero-order valence-corrected chi connectivity index (χ0v) is 13.3. The van der Waals surface area contributed by atoms with Crippen molar-refractivity contribution in [3.63, 3.8) is 0 Å². The molecule has 4 N–H and O–H groups in total. The van der Waals surface area contributed by atoms with E-state index in [0.717, 1.165) is 25.7 Å². The Balaban J connectivity index is 0.00000242. The first-order valence-corrected chi connectivity index (χ1v) is 7.05. The highest BCUT2D eigenvalue weighted by atomic mass is 35.5. The highest BCUT2D eigenvalue weighted by Gasteiger charge is 2.34. The highest BCUT2D eigenvalue weighted by Crippen LogP contribution is 2.29. The van der Waals surface area contributed by atoms with E-state index in [9.17, 15) is 14.0 Å². The van der Waals surface area contributed by atoms with Crippen molar-refractivity contribution in [1.29, 1.82) is 0 Å². The van der Waals surface area contributed by atoms with E-state index in [1.165, 1.54) is 25.1 Å². The summed E-state index contributed by atoms with van der Waals surface area (Å²) in [5.74, 6) is -1.39. The Kier molecular flexibility index (Phi) is 6.32. The van der Waals surface area contributed by atoms with Crippen LogP contribution in [0.2, 0.25) is 0 Å². The van der Waals surface area contributed by atoms with Crippen LogP contribution in [0, 0.1) is 5.82 Å². The molecule has 0 bridgehead atoms. The molecule has 0 radical (unpaired) electrons.